The quantitative estimate of drug-likeness (QED) is 0.750. The van der Waals surface area contributed by atoms with Gasteiger partial charge in [0.15, 0.2) is 5.17 Å². The Morgan fingerprint density at radius 3 is 2.94 bits per heavy atom. The lowest BCUT2D eigenvalue weighted by molar-refractivity contribution is 0.272. The third kappa shape index (κ3) is 5.21. The van der Waals surface area contributed by atoms with E-state index in [1.165, 1.54) is 12.2 Å². The summed E-state index contributed by atoms with van der Waals surface area (Å²) in [5.74, 6) is 1.21. The summed E-state index contributed by atoms with van der Waals surface area (Å²) in [4.78, 5) is 6.97. The van der Waals surface area contributed by atoms with Crippen molar-refractivity contribution in [3.63, 3.8) is 0 Å². The largest absolute Gasteiger partial charge is 0.362 e. The molecule has 0 radical (unpaired) electrons. The molecule has 16 heavy (non-hydrogen) atoms. The van der Waals surface area contributed by atoms with Crippen molar-refractivity contribution in [2.45, 2.75) is 45.7 Å². The Bertz CT molecular complexity index is 228. The smallest absolute Gasteiger partial charge is 0.156 e. The van der Waals surface area contributed by atoms with Gasteiger partial charge in [0.2, 0.25) is 0 Å². The van der Waals surface area contributed by atoms with Crippen LogP contribution in [0.1, 0.15) is 33.6 Å². The van der Waals surface area contributed by atoms with E-state index in [2.05, 4.69) is 43.0 Å². The monoisotopic (exact) mass is 243 g/mol. The molecule has 3 nitrogen and oxygen atoms in total. The van der Waals surface area contributed by atoms with Crippen molar-refractivity contribution in [1.29, 1.82) is 0 Å². The van der Waals surface area contributed by atoms with Gasteiger partial charge in [0.05, 0.1) is 0 Å². The molecule has 0 amide bonds. The molecule has 1 unspecified atom stereocenters. The molecular formula is C12H25N3S. The zero-order valence-electron chi connectivity index (χ0n) is 11.0. The lowest BCUT2D eigenvalue weighted by atomic mass is 10.3. The average Bonchev–Trinajstić information content (AvgIpc) is 2.24. The maximum Gasteiger partial charge on any atom is 0.156 e. The molecule has 0 aromatic rings. The molecule has 94 valence electrons. The maximum atomic E-state index is 4.61. The second kappa shape index (κ2) is 7.17. The van der Waals surface area contributed by atoms with Gasteiger partial charge in [-0.2, -0.15) is 0 Å². The second-order valence-electron chi connectivity index (χ2n) is 4.80. The van der Waals surface area contributed by atoms with Crippen molar-refractivity contribution in [2.24, 2.45) is 4.99 Å². The number of hydrogen-bond acceptors (Lipinski definition) is 3. The molecule has 4 heteroatoms. The van der Waals surface area contributed by atoms with Gasteiger partial charge in [-0.15, -0.1) is 0 Å². The van der Waals surface area contributed by atoms with E-state index >= 15 is 0 Å². The van der Waals surface area contributed by atoms with Crippen molar-refractivity contribution in [3.8, 4) is 0 Å². The summed E-state index contributed by atoms with van der Waals surface area (Å²) in [6.07, 6.45) is 2.40. The van der Waals surface area contributed by atoms with Crippen LogP contribution in [-0.4, -0.2) is 48.0 Å². The standard InChI is InChI=1S/C12H25N3S/c1-10(2)15(4)8-5-7-13-12-14-11(3)6-9-16-12/h10-11H,5-9H2,1-4H3,(H,13,14). The van der Waals surface area contributed by atoms with Gasteiger partial charge in [-0.05, 0) is 47.2 Å². The third-order valence-electron chi connectivity index (χ3n) is 2.97. The van der Waals surface area contributed by atoms with Crippen LogP contribution in [0, 0.1) is 0 Å². The van der Waals surface area contributed by atoms with Gasteiger partial charge in [-0.1, -0.05) is 11.8 Å². The lowest BCUT2D eigenvalue weighted by Gasteiger charge is -2.22. The predicted octanol–water partition coefficient (Wildman–Crippen LogP) is 2.19. The Balaban J connectivity index is 2.16. The summed E-state index contributed by atoms with van der Waals surface area (Å²) < 4.78 is 0. The van der Waals surface area contributed by atoms with E-state index < -0.39 is 0 Å². The zero-order chi connectivity index (χ0) is 12.0. The summed E-state index contributed by atoms with van der Waals surface area (Å²) in [6.45, 7) is 8.76. The maximum absolute atomic E-state index is 4.61. The number of hydrogen-bond donors (Lipinski definition) is 1. The van der Waals surface area contributed by atoms with Gasteiger partial charge >= 0.3 is 0 Å². The van der Waals surface area contributed by atoms with Crippen molar-refractivity contribution in [2.75, 3.05) is 25.9 Å². The minimum absolute atomic E-state index is 0.596. The molecule has 0 spiro atoms. The van der Waals surface area contributed by atoms with Gasteiger partial charge in [-0.25, -0.2) is 0 Å². The summed E-state index contributed by atoms with van der Waals surface area (Å²) in [6, 6.07) is 1.23. The van der Waals surface area contributed by atoms with Crippen LogP contribution in [-0.2, 0) is 0 Å². The Hall–Kier alpha value is -0.220. The SMILES string of the molecule is CC1CCSC(=NCCCN(C)C(C)C)N1. The number of rotatable bonds is 5. The normalized spacial score (nSPS) is 24.1. The van der Waals surface area contributed by atoms with Crippen molar-refractivity contribution in [1.82, 2.24) is 10.2 Å². The van der Waals surface area contributed by atoms with Crippen LogP contribution in [0.15, 0.2) is 4.99 Å². The Labute approximate surface area is 104 Å². The highest BCUT2D eigenvalue weighted by Crippen LogP contribution is 2.13. The number of nitrogens with zero attached hydrogens (tertiary/aromatic N) is 2. The van der Waals surface area contributed by atoms with Crippen LogP contribution >= 0.6 is 11.8 Å². The Morgan fingerprint density at radius 2 is 2.31 bits per heavy atom. The van der Waals surface area contributed by atoms with E-state index in [1.54, 1.807) is 0 Å². The first kappa shape index (κ1) is 13.8. The zero-order valence-corrected chi connectivity index (χ0v) is 11.8. The van der Waals surface area contributed by atoms with E-state index in [9.17, 15) is 0 Å². The molecule has 1 fully saturated rings. The lowest BCUT2D eigenvalue weighted by Crippen LogP contribution is -2.35. The molecule has 1 atom stereocenters. The molecule has 1 aliphatic heterocycles. The number of amidine groups is 1. The molecule has 0 bridgehead atoms. The van der Waals surface area contributed by atoms with E-state index in [4.69, 9.17) is 0 Å². The first-order valence-electron chi connectivity index (χ1n) is 6.23. The van der Waals surface area contributed by atoms with Crippen LogP contribution in [0.3, 0.4) is 0 Å². The van der Waals surface area contributed by atoms with Crippen LogP contribution in [0.2, 0.25) is 0 Å². The predicted molar refractivity (Wildman–Crippen MR) is 74.4 cm³/mol. The Kier molecular flexibility index (Phi) is 6.21. The molecule has 1 heterocycles. The van der Waals surface area contributed by atoms with Crippen molar-refractivity contribution < 1.29 is 0 Å². The van der Waals surface area contributed by atoms with Crippen molar-refractivity contribution >= 4 is 16.9 Å². The number of nitrogens with one attached hydrogen (secondary N) is 1. The summed E-state index contributed by atoms with van der Waals surface area (Å²) in [5, 5.41) is 4.57. The van der Waals surface area contributed by atoms with E-state index in [-0.39, 0.29) is 0 Å². The van der Waals surface area contributed by atoms with Crippen LogP contribution in [0.25, 0.3) is 0 Å². The van der Waals surface area contributed by atoms with E-state index in [0.717, 1.165) is 24.7 Å². The summed E-state index contributed by atoms with van der Waals surface area (Å²) in [5.41, 5.74) is 0. The van der Waals surface area contributed by atoms with Crippen LogP contribution in [0.5, 0.6) is 0 Å². The molecule has 0 aromatic heterocycles. The first-order chi connectivity index (χ1) is 7.59. The highest BCUT2D eigenvalue weighted by Gasteiger charge is 2.12. The highest BCUT2D eigenvalue weighted by atomic mass is 32.2. The summed E-state index contributed by atoms with van der Waals surface area (Å²) in [7, 11) is 2.17. The highest BCUT2D eigenvalue weighted by molar-refractivity contribution is 8.13. The van der Waals surface area contributed by atoms with E-state index in [0.29, 0.717) is 12.1 Å². The number of aliphatic imine (C=N–C) groups is 1. The number of thioether (sulfide) groups is 1. The summed E-state index contributed by atoms with van der Waals surface area (Å²) >= 11 is 1.86. The second-order valence-corrected chi connectivity index (χ2v) is 5.88. The fourth-order valence-electron chi connectivity index (χ4n) is 1.51. The van der Waals surface area contributed by atoms with Crippen molar-refractivity contribution in [3.05, 3.63) is 0 Å². The molecule has 1 aliphatic rings. The molecule has 0 aromatic carbocycles. The van der Waals surface area contributed by atoms with Gasteiger partial charge in [0.1, 0.15) is 0 Å². The van der Waals surface area contributed by atoms with Gasteiger partial charge < -0.3 is 10.2 Å². The molecule has 1 saturated heterocycles. The Morgan fingerprint density at radius 1 is 1.56 bits per heavy atom. The molecule has 1 rings (SSSR count). The first-order valence-corrected chi connectivity index (χ1v) is 7.22. The van der Waals surface area contributed by atoms with Gasteiger partial charge in [0, 0.05) is 24.4 Å². The minimum atomic E-state index is 0.596. The molecular weight excluding hydrogens is 218 g/mol. The van der Waals surface area contributed by atoms with Gasteiger partial charge in [0.25, 0.3) is 0 Å². The van der Waals surface area contributed by atoms with Crippen LogP contribution < -0.4 is 5.32 Å². The molecule has 0 aliphatic carbocycles. The van der Waals surface area contributed by atoms with E-state index in [1.807, 2.05) is 11.8 Å². The third-order valence-corrected chi connectivity index (χ3v) is 3.93. The van der Waals surface area contributed by atoms with Gasteiger partial charge in [-0.3, -0.25) is 4.99 Å². The minimum Gasteiger partial charge on any atom is -0.362 e. The fraction of sp³-hybridized carbons (Fsp3) is 0.917. The topological polar surface area (TPSA) is 27.6 Å². The molecule has 1 N–H and O–H groups in total. The molecule has 0 saturated carbocycles. The average molecular weight is 243 g/mol. The fourth-order valence-corrected chi connectivity index (χ4v) is 2.64. The van der Waals surface area contributed by atoms with Crippen LogP contribution in [0.4, 0.5) is 0 Å².